The van der Waals surface area contributed by atoms with Gasteiger partial charge in [0.2, 0.25) is 15.9 Å². The van der Waals surface area contributed by atoms with E-state index in [4.69, 9.17) is 4.74 Å². The molecule has 2 aliphatic rings. The largest absolute Gasteiger partial charge is 0.482 e. The van der Waals surface area contributed by atoms with Crippen LogP contribution in [0.1, 0.15) is 32.1 Å². The van der Waals surface area contributed by atoms with Crippen molar-refractivity contribution in [3.63, 3.8) is 0 Å². The zero-order chi connectivity index (χ0) is 22.6. The van der Waals surface area contributed by atoms with Crippen LogP contribution in [0, 0.1) is 0 Å². The van der Waals surface area contributed by atoms with Crippen molar-refractivity contribution in [3.05, 3.63) is 48.5 Å². The maximum atomic E-state index is 12.9. The lowest BCUT2D eigenvalue weighted by atomic mass is 10.2. The molecule has 2 heterocycles. The summed E-state index contributed by atoms with van der Waals surface area (Å²) in [6.45, 7) is 1.27. The third-order valence-electron chi connectivity index (χ3n) is 5.71. The van der Waals surface area contributed by atoms with E-state index in [2.05, 4.69) is 5.32 Å². The summed E-state index contributed by atoms with van der Waals surface area (Å²) in [7, 11) is -3.53. The second-order valence-electron chi connectivity index (χ2n) is 7.94. The van der Waals surface area contributed by atoms with Crippen LogP contribution in [0.25, 0.3) is 0 Å². The molecule has 9 heteroatoms. The molecule has 4 rings (SSSR count). The summed E-state index contributed by atoms with van der Waals surface area (Å²) >= 11 is 0. The molecular weight excluding hydrogens is 430 g/mol. The van der Waals surface area contributed by atoms with Gasteiger partial charge in [0.05, 0.1) is 10.6 Å². The summed E-state index contributed by atoms with van der Waals surface area (Å²) < 4.78 is 32.7. The van der Waals surface area contributed by atoms with E-state index in [1.807, 2.05) is 12.1 Å². The number of rotatable bonds is 6. The SMILES string of the molecule is O=C(CCN1C(=O)COc2ccccc21)Nc1ccc(S(=O)(=O)N2CCCCCC2)cc1. The molecular formula is C23H27N3O5S. The summed E-state index contributed by atoms with van der Waals surface area (Å²) in [4.78, 5) is 26.4. The maximum absolute atomic E-state index is 12.9. The van der Waals surface area contributed by atoms with Gasteiger partial charge in [-0.1, -0.05) is 25.0 Å². The van der Waals surface area contributed by atoms with E-state index < -0.39 is 10.0 Å². The van der Waals surface area contributed by atoms with E-state index >= 15 is 0 Å². The molecule has 32 heavy (non-hydrogen) atoms. The van der Waals surface area contributed by atoms with Gasteiger partial charge in [-0.15, -0.1) is 0 Å². The van der Waals surface area contributed by atoms with Gasteiger partial charge in [-0.05, 0) is 49.2 Å². The fraction of sp³-hybridized carbons (Fsp3) is 0.391. The molecule has 8 nitrogen and oxygen atoms in total. The Morgan fingerprint density at radius 1 is 0.969 bits per heavy atom. The fourth-order valence-corrected chi connectivity index (χ4v) is 5.49. The normalized spacial score (nSPS) is 17.2. The zero-order valence-electron chi connectivity index (χ0n) is 17.8. The van der Waals surface area contributed by atoms with E-state index in [-0.39, 0.29) is 36.3 Å². The molecule has 0 aliphatic carbocycles. The Morgan fingerprint density at radius 2 is 1.66 bits per heavy atom. The minimum Gasteiger partial charge on any atom is -0.482 e. The number of ether oxygens (including phenoxy) is 1. The number of nitrogens with zero attached hydrogens (tertiary/aromatic N) is 2. The summed E-state index contributed by atoms with van der Waals surface area (Å²) in [6, 6.07) is 13.5. The van der Waals surface area contributed by atoms with E-state index in [0.717, 1.165) is 25.7 Å². The van der Waals surface area contributed by atoms with E-state index in [1.165, 1.54) is 12.1 Å². The molecule has 170 valence electrons. The first-order chi connectivity index (χ1) is 15.4. The van der Waals surface area contributed by atoms with Crippen molar-refractivity contribution in [2.45, 2.75) is 37.0 Å². The molecule has 0 spiro atoms. The van der Waals surface area contributed by atoms with Crippen molar-refractivity contribution in [2.75, 3.05) is 36.5 Å². The minimum atomic E-state index is -3.53. The Morgan fingerprint density at radius 3 is 2.38 bits per heavy atom. The number of hydrogen-bond acceptors (Lipinski definition) is 5. The Hall–Kier alpha value is -2.91. The number of fused-ring (bicyclic) bond motifs is 1. The standard InChI is InChI=1S/C23H27N3O5S/c27-22(13-16-26-20-7-3-4-8-21(20)31-17-23(26)28)24-18-9-11-19(12-10-18)32(29,30)25-14-5-1-2-6-15-25/h3-4,7-12H,1-2,5-6,13-17H2,(H,24,27). The second-order valence-corrected chi connectivity index (χ2v) is 9.88. The fourth-order valence-electron chi connectivity index (χ4n) is 3.98. The van der Waals surface area contributed by atoms with E-state index in [1.54, 1.807) is 33.5 Å². The lowest BCUT2D eigenvalue weighted by molar-refractivity contribution is -0.121. The zero-order valence-corrected chi connectivity index (χ0v) is 18.6. The number of sulfonamides is 1. The molecule has 2 aliphatic heterocycles. The Balaban J connectivity index is 1.36. The number of amides is 2. The number of benzene rings is 2. The Bertz CT molecular complexity index is 1080. The highest BCUT2D eigenvalue weighted by atomic mass is 32.2. The van der Waals surface area contributed by atoms with Crippen molar-refractivity contribution in [3.8, 4) is 5.75 Å². The van der Waals surface area contributed by atoms with Crippen LogP contribution in [0.5, 0.6) is 5.75 Å². The number of carbonyl (C=O) groups excluding carboxylic acids is 2. The molecule has 0 saturated carbocycles. The third-order valence-corrected chi connectivity index (χ3v) is 7.62. The summed E-state index contributed by atoms with van der Waals surface area (Å²) in [6.07, 6.45) is 3.97. The van der Waals surface area contributed by atoms with Crippen molar-refractivity contribution in [2.24, 2.45) is 0 Å². The van der Waals surface area contributed by atoms with Crippen LogP contribution in [0.15, 0.2) is 53.4 Å². The molecule has 0 atom stereocenters. The van der Waals surface area contributed by atoms with Crippen LogP contribution in [0.3, 0.4) is 0 Å². The monoisotopic (exact) mass is 457 g/mol. The Labute approximate surface area is 188 Å². The molecule has 2 aromatic rings. The average Bonchev–Trinajstić information content (AvgIpc) is 3.09. The molecule has 1 saturated heterocycles. The topological polar surface area (TPSA) is 96.0 Å². The van der Waals surface area contributed by atoms with Crippen molar-refractivity contribution < 1.29 is 22.7 Å². The minimum absolute atomic E-state index is 0.0500. The number of hydrogen-bond donors (Lipinski definition) is 1. The number of para-hydroxylation sites is 2. The number of nitrogens with one attached hydrogen (secondary N) is 1. The Kier molecular flexibility index (Phi) is 6.76. The van der Waals surface area contributed by atoms with Crippen molar-refractivity contribution >= 4 is 33.2 Å². The lowest BCUT2D eigenvalue weighted by Gasteiger charge is -2.29. The predicted molar refractivity (Wildman–Crippen MR) is 121 cm³/mol. The van der Waals surface area contributed by atoms with Crippen LogP contribution in [0.4, 0.5) is 11.4 Å². The number of carbonyl (C=O) groups is 2. The van der Waals surface area contributed by atoms with Crippen LogP contribution in [0.2, 0.25) is 0 Å². The molecule has 0 radical (unpaired) electrons. The lowest BCUT2D eigenvalue weighted by Crippen LogP contribution is -2.40. The molecule has 0 aromatic heterocycles. The number of anilines is 2. The first kappa shape index (κ1) is 22.3. The van der Waals surface area contributed by atoms with Gasteiger partial charge in [0.1, 0.15) is 5.75 Å². The van der Waals surface area contributed by atoms with Crippen LogP contribution in [-0.4, -0.2) is 50.8 Å². The maximum Gasteiger partial charge on any atom is 0.265 e. The summed E-state index contributed by atoms with van der Waals surface area (Å²) in [5, 5.41) is 2.77. The van der Waals surface area contributed by atoms with Crippen molar-refractivity contribution in [1.82, 2.24) is 4.31 Å². The summed E-state index contributed by atoms with van der Waals surface area (Å²) in [5.74, 6) is 0.165. The van der Waals surface area contributed by atoms with Gasteiger partial charge in [-0.2, -0.15) is 4.31 Å². The van der Waals surface area contributed by atoms with Gasteiger partial charge in [-0.3, -0.25) is 9.59 Å². The highest BCUT2D eigenvalue weighted by molar-refractivity contribution is 7.89. The van der Waals surface area contributed by atoms with Crippen LogP contribution in [-0.2, 0) is 19.6 Å². The summed E-state index contributed by atoms with van der Waals surface area (Å²) in [5.41, 5.74) is 1.16. The molecule has 1 N–H and O–H groups in total. The van der Waals surface area contributed by atoms with Gasteiger partial charge in [-0.25, -0.2) is 8.42 Å². The van der Waals surface area contributed by atoms with E-state index in [9.17, 15) is 18.0 Å². The quantitative estimate of drug-likeness (QED) is 0.719. The van der Waals surface area contributed by atoms with Gasteiger partial charge < -0.3 is 15.0 Å². The molecule has 0 unspecified atom stereocenters. The first-order valence-corrected chi connectivity index (χ1v) is 12.3. The highest BCUT2D eigenvalue weighted by Crippen LogP contribution is 2.31. The first-order valence-electron chi connectivity index (χ1n) is 10.9. The van der Waals surface area contributed by atoms with Gasteiger partial charge >= 0.3 is 0 Å². The molecule has 1 fully saturated rings. The van der Waals surface area contributed by atoms with Crippen LogP contribution < -0.4 is 15.0 Å². The second kappa shape index (κ2) is 9.70. The highest BCUT2D eigenvalue weighted by Gasteiger charge is 2.26. The predicted octanol–water partition coefficient (Wildman–Crippen LogP) is 3.01. The van der Waals surface area contributed by atoms with Crippen LogP contribution >= 0.6 is 0 Å². The average molecular weight is 458 g/mol. The van der Waals surface area contributed by atoms with Gasteiger partial charge in [0.25, 0.3) is 5.91 Å². The smallest absolute Gasteiger partial charge is 0.265 e. The van der Waals surface area contributed by atoms with Gasteiger partial charge in [0, 0.05) is 31.7 Å². The third kappa shape index (κ3) is 4.94. The molecule has 2 amide bonds. The van der Waals surface area contributed by atoms with Gasteiger partial charge in [0.15, 0.2) is 6.61 Å². The molecule has 2 aromatic carbocycles. The van der Waals surface area contributed by atoms with E-state index in [0.29, 0.717) is 30.2 Å². The molecule has 0 bridgehead atoms. The van der Waals surface area contributed by atoms with Crippen molar-refractivity contribution in [1.29, 1.82) is 0 Å².